The van der Waals surface area contributed by atoms with Crippen molar-refractivity contribution in [3.05, 3.63) is 0 Å². The molecule has 0 saturated heterocycles. The molecule has 20 nitrogen and oxygen atoms in total. The summed E-state index contributed by atoms with van der Waals surface area (Å²) in [4.78, 5) is 102. The number of nitrogens with two attached hydrogens (primary N) is 2. The van der Waals surface area contributed by atoms with Gasteiger partial charge >= 0.3 is 5.97 Å². The fraction of sp³-hybridized carbons (Fsp3) is 0.758. The van der Waals surface area contributed by atoms with E-state index < -0.39 is 109 Å². The Morgan fingerprint density at radius 3 is 1.30 bits per heavy atom. The molecule has 0 aromatic rings. The van der Waals surface area contributed by atoms with Crippen LogP contribution in [0.2, 0.25) is 0 Å². The molecule has 0 saturated carbocycles. The molecule has 0 rings (SSSR count). The van der Waals surface area contributed by atoms with Crippen molar-refractivity contribution in [2.75, 3.05) is 13.2 Å². The fourth-order valence-corrected chi connectivity index (χ4v) is 4.97. The first-order valence-electron chi connectivity index (χ1n) is 17.5. The Kier molecular flexibility index (Phi) is 22.0. The Labute approximate surface area is 309 Å². The molecule has 0 aromatic heterocycles. The molecule has 0 fully saturated rings. The molecule has 14 N–H and O–H groups in total. The molecule has 0 spiro atoms. The van der Waals surface area contributed by atoms with E-state index in [9.17, 15) is 53.7 Å². The molecule has 0 unspecified atom stereocenters. The highest BCUT2D eigenvalue weighted by molar-refractivity contribution is 5.97. The van der Waals surface area contributed by atoms with Crippen molar-refractivity contribution in [2.45, 2.75) is 129 Å². The Bertz CT molecular complexity index is 1260. The van der Waals surface area contributed by atoms with Crippen LogP contribution in [0.3, 0.4) is 0 Å². The molecular weight excluding hydrogens is 700 g/mol. The van der Waals surface area contributed by atoms with Gasteiger partial charge in [-0.1, -0.05) is 41.5 Å². The molecule has 0 aliphatic carbocycles. The minimum Gasteiger partial charge on any atom is -0.480 e. The standard InChI is InChI=1S/C33H60N8O12/c1-15(2)10-19(34)27(46)37-21(11-16(3)4)29(48)36-20(8-9-25(35)45)28(47)41-26(18(7)44)32(51)38-22(12-17(5)6)30(49)39-23(13-42)31(50)40-24(14-43)33(52)53/h15-24,26,42-44H,8-14,34H2,1-7H3,(H2,35,45)(H,36,48)(H,37,46)(H,38,51)(H,39,49)(H,40,50)(H,41,47)(H,52,53)/t18-,19+,20+,21+,22+,23+,24+,26+/m1/s1. The number of carbonyl (C=O) groups is 8. The average Bonchev–Trinajstić information content (AvgIpc) is 3.04. The number of carboxylic acid groups (broad SMARTS) is 1. The van der Waals surface area contributed by atoms with E-state index in [1.54, 1.807) is 27.7 Å². The number of carboxylic acids is 1. The van der Waals surface area contributed by atoms with Crippen LogP contribution in [0.4, 0.5) is 0 Å². The van der Waals surface area contributed by atoms with Gasteiger partial charge in [0.2, 0.25) is 41.4 Å². The number of amides is 7. The van der Waals surface area contributed by atoms with Gasteiger partial charge in [-0.2, -0.15) is 0 Å². The monoisotopic (exact) mass is 760 g/mol. The number of aliphatic hydroxyl groups is 3. The van der Waals surface area contributed by atoms with Crippen LogP contribution >= 0.6 is 0 Å². The van der Waals surface area contributed by atoms with Crippen LogP contribution in [0.5, 0.6) is 0 Å². The molecule has 0 aromatic carbocycles. The summed E-state index contributed by atoms with van der Waals surface area (Å²) < 4.78 is 0. The van der Waals surface area contributed by atoms with Crippen molar-refractivity contribution in [2.24, 2.45) is 29.2 Å². The van der Waals surface area contributed by atoms with Crippen LogP contribution in [0.1, 0.15) is 80.6 Å². The lowest BCUT2D eigenvalue weighted by Crippen LogP contribution is -2.62. The van der Waals surface area contributed by atoms with Crippen molar-refractivity contribution in [1.82, 2.24) is 31.9 Å². The lowest BCUT2D eigenvalue weighted by molar-refractivity contribution is -0.143. The molecule has 0 aliphatic heterocycles. The third-order valence-electron chi connectivity index (χ3n) is 7.73. The minimum atomic E-state index is -1.73. The van der Waals surface area contributed by atoms with Crippen LogP contribution in [0.25, 0.3) is 0 Å². The van der Waals surface area contributed by atoms with Crippen LogP contribution < -0.4 is 43.4 Å². The second-order valence-corrected chi connectivity index (χ2v) is 14.2. The van der Waals surface area contributed by atoms with Gasteiger partial charge in [0.05, 0.1) is 25.4 Å². The Morgan fingerprint density at radius 1 is 0.528 bits per heavy atom. The summed E-state index contributed by atoms with van der Waals surface area (Å²) in [5.74, 6) is -8.16. The fourth-order valence-electron chi connectivity index (χ4n) is 4.97. The zero-order chi connectivity index (χ0) is 41.2. The van der Waals surface area contributed by atoms with Gasteiger partial charge in [-0.25, -0.2) is 4.79 Å². The summed E-state index contributed by atoms with van der Waals surface area (Å²) in [6.07, 6.45) is -1.79. The average molecular weight is 761 g/mol. The van der Waals surface area contributed by atoms with E-state index in [1.165, 1.54) is 6.92 Å². The lowest BCUT2D eigenvalue weighted by Gasteiger charge is -2.29. The van der Waals surface area contributed by atoms with Crippen LogP contribution in [-0.4, -0.2) is 129 Å². The van der Waals surface area contributed by atoms with E-state index in [0.29, 0.717) is 6.42 Å². The maximum Gasteiger partial charge on any atom is 0.328 e. The summed E-state index contributed by atoms with van der Waals surface area (Å²) in [5, 5.41) is 52.5. The first-order valence-corrected chi connectivity index (χ1v) is 17.5. The predicted molar refractivity (Wildman–Crippen MR) is 190 cm³/mol. The van der Waals surface area contributed by atoms with Crippen molar-refractivity contribution in [3.63, 3.8) is 0 Å². The maximum absolute atomic E-state index is 13.5. The van der Waals surface area contributed by atoms with Gasteiger partial charge in [0, 0.05) is 6.42 Å². The van der Waals surface area contributed by atoms with Crippen molar-refractivity contribution >= 4 is 47.3 Å². The maximum atomic E-state index is 13.5. The van der Waals surface area contributed by atoms with Crippen molar-refractivity contribution in [1.29, 1.82) is 0 Å². The topological polar surface area (TPSA) is 342 Å². The second kappa shape index (κ2) is 24.0. The number of aliphatic carboxylic acids is 1. The van der Waals surface area contributed by atoms with Gasteiger partial charge in [-0.15, -0.1) is 0 Å². The van der Waals surface area contributed by atoms with E-state index >= 15 is 0 Å². The third kappa shape index (κ3) is 18.8. The molecule has 0 aliphatic rings. The van der Waals surface area contributed by atoms with Gasteiger partial charge in [0.1, 0.15) is 36.3 Å². The van der Waals surface area contributed by atoms with Gasteiger partial charge in [0.15, 0.2) is 0 Å². The van der Waals surface area contributed by atoms with E-state index in [4.69, 9.17) is 16.6 Å². The van der Waals surface area contributed by atoms with Gasteiger partial charge in [-0.05, 0) is 50.4 Å². The highest BCUT2D eigenvalue weighted by Gasteiger charge is 2.35. The smallest absolute Gasteiger partial charge is 0.328 e. The van der Waals surface area contributed by atoms with Crippen LogP contribution in [0.15, 0.2) is 0 Å². The van der Waals surface area contributed by atoms with Crippen LogP contribution in [-0.2, 0) is 38.4 Å². The summed E-state index contributed by atoms with van der Waals surface area (Å²) >= 11 is 0. The molecule has 0 heterocycles. The summed E-state index contributed by atoms with van der Waals surface area (Å²) in [6, 6.07) is -10.0. The zero-order valence-electron chi connectivity index (χ0n) is 31.5. The number of rotatable bonds is 25. The third-order valence-corrected chi connectivity index (χ3v) is 7.73. The largest absolute Gasteiger partial charge is 0.480 e. The molecule has 53 heavy (non-hydrogen) atoms. The Hall–Kier alpha value is -4.40. The normalized spacial score (nSPS) is 15.9. The SMILES string of the molecule is CC(C)C[C@H](NC(=O)[C@@H](NC(=O)[C@H](CCC(N)=O)NC(=O)[C@H](CC(C)C)NC(=O)[C@@H](N)CC(C)C)[C@@H](C)O)C(=O)N[C@@H](CO)C(=O)N[C@@H](CO)C(=O)O. The zero-order valence-corrected chi connectivity index (χ0v) is 31.5. The van der Waals surface area contributed by atoms with E-state index in [0.717, 1.165) is 0 Å². The van der Waals surface area contributed by atoms with E-state index in [-0.39, 0.29) is 43.4 Å². The van der Waals surface area contributed by atoms with Crippen molar-refractivity contribution < 1.29 is 58.8 Å². The van der Waals surface area contributed by atoms with Crippen molar-refractivity contribution in [3.8, 4) is 0 Å². The summed E-state index contributed by atoms with van der Waals surface area (Å²) in [6.45, 7) is 9.99. The molecule has 8 atom stereocenters. The second-order valence-electron chi connectivity index (χ2n) is 14.2. The lowest BCUT2D eigenvalue weighted by atomic mass is 9.99. The first kappa shape index (κ1) is 48.6. The molecule has 0 bridgehead atoms. The van der Waals surface area contributed by atoms with E-state index in [1.807, 2.05) is 19.2 Å². The molecule has 7 amide bonds. The Morgan fingerprint density at radius 2 is 0.906 bits per heavy atom. The first-order chi connectivity index (χ1) is 24.5. The van der Waals surface area contributed by atoms with Crippen LogP contribution in [0, 0.1) is 17.8 Å². The van der Waals surface area contributed by atoms with Gasteiger partial charge < -0.3 is 63.8 Å². The highest BCUT2D eigenvalue weighted by Crippen LogP contribution is 2.11. The number of primary amides is 1. The quantitative estimate of drug-likeness (QED) is 0.0424. The number of nitrogens with one attached hydrogen (secondary N) is 6. The summed E-state index contributed by atoms with van der Waals surface area (Å²) in [7, 11) is 0. The Balaban J connectivity index is 6.16. The molecule has 20 heteroatoms. The molecular formula is C33H60N8O12. The summed E-state index contributed by atoms with van der Waals surface area (Å²) in [5.41, 5.74) is 11.3. The number of carbonyl (C=O) groups excluding carboxylic acids is 7. The number of hydrogen-bond acceptors (Lipinski definition) is 12. The van der Waals surface area contributed by atoms with E-state index in [2.05, 4.69) is 26.6 Å². The molecule has 0 radical (unpaired) electrons. The minimum absolute atomic E-state index is 0.0344. The number of hydrogen-bond donors (Lipinski definition) is 12. The highest BCUT2D eigenvalue weighted by atomic mass is 16.4. The number of aliphatic hydroxyl groups excluding tert-OH is 3. The van der Waals surface area contributed by atoms with Gasteiger partial charge in [-0.3, -0.25) is 33.6 Å². The van der Waals surface area contributed by atoms with Gasteiger partial charge in [0.25, 0.3) is 0 Å². The molecule has 304 valence electrons. The predicted octanol–water partition coefficient (Wildman–Crippen LogP) is -3.92.